The lowest BCUT2D eigenvalue weighted by atomic mass is 10.1. The number of anilines is 1. The molecule has 0 bridgehead atoms. The summed E-state index contributed by atoms with van der Waals surface area (Å²) in [6.07, 6.45) is 0.802. The van der Waals surface area contributed by atoms with Crippen LogP contribution >= 0.6 is 24.2 Å². The van der Waals surface area contributed by atoms with Crippen LogP contribution in [0.4, 0.5) is 14.5 Å². The first-order chi connectivity index (χ1) is 10.6. The first-order valence-electron chi connectivity index (χ1n) is 6.76. The lowest BCUT2D eigenvalue weighted by Crippen LogP contribution is -2.25. The molecule has 0 fully saturated rings. The quantitative estimate of drug-likeness (QED) is 0.733. The van der Waals surface area contributed by atoms with Crippen molar-refractivity contribution in [3.8, 4) is 0 Å². The molecule has 2 heterocycles. The minimum absolute atomic E-state index is 0. The summed E-state index contributed by atoms with van der Waals surface area (Å²) < 4.78 is 24.8. The van der Waals surface area contributed by atoms with Crippen LogP contribution in [0.1, 0.15) is 21.7 Å². The maximum Gasteiger partial charge on any atom is 0.288 e. The lowest BCUT2D eigenvalue weighted by Gasteiger charge is -2.13. The number of alkyl halides is 2. The van der Waals surface area contributed by atoms with Crippen molar-refractivity contribution < 1.29 is 13.6 Å². The summed E-state index contributed by atoms with van der Waals surface area (Å²) in [5.74, 6) is -2.84. The van der Waals surface area contributed by atoms with Gasteiger partial charge in [-0.25, -0.2) is 0 Å². The van der Waals surface area contributed by atoms with Crippen molar-refractivity contribution in [2.24, 2.45) is 0 Å². The molecule has 1 aliphatic heterocycles. The highest BCUT2D eigenvalue weighted by atomic mass is 35.5. The summed E-state index contributed by atoms with van der Waals surface area (Å²) in [7, 11) is 0. The molecule has 1 amide bonds. The molecule has 23 heavy (non-hydrogen) atoms. The fraction of sp³-hybridized carbons (Fsp3) is 0.286. The average molecular weight is 361 g/mol. The van der Waals surface area contributed by atoms with Crippen molar-refractivity contribution in [2.75, 3.05) is 11.9 Å². The van der Waals surface area contributed by atoms with Crippen molar-refractivity contribution in [1.29, 1.82) is 0 Å². The molecule has 0 saturated carbocycles. The van der Waals surface area contributed by atoms with E-state index in [-0.39, 0.29) is 18.3 Å². The van der Waals surface area contributed by atoms with Crippen molar-refractivity contribution in [2.45, 2.75) is 23.6 Å². The Kier molecular flexibility index (Phi) is 5.97. The van der Waals surface area contributed by atoms with E-state index in [2.05, 4.69) is 20.8 Å². The van der Waals surface area contributed by atoms with Crippen LogP contribution in [0.2, 0.25) is 0 Å². The number of halogens is 3. The Morgan fingerprint density at radius 3 is 3.00 bits per heavy atom. The fourth-order valence-corrected chi connectivity index (χ4v) is 2.91. The van der Waals surface area contributed by atoms with Crippen LogP contribution in [0.5, 0.6) is 0 Å². The number of aromatic nitrogens is 2. The molecule has 3 rings (SSSR count). The molecule has 0 atom stereocenters. The summed E-state index contributed by atoms with van der Waals surface area (Å²) in [5.41, 5.74) is 2.64. The van der Waals surface area contributed by atoms with Crippen LogP contribution < -0.4 is 10.6 Å². The second-order valence-electron chi connectivity index (χ2n) is 4.82. The van der Waals surface area contributed by atoms with E-state index < -0.39 is 5.76 Å². The van der Waals surface area contributed by atoms with Gasteiger partial charge in [-0.1, -0.05) is 17.8 Å². The van der Waals surface area contributed by atoms with Crippen LogP contribution in [-0.2, 0) is 13.0 Å². The average Bonchev–Trinajstić information content (AvgIpc) is 2.91. The molecule has 9 heteroatoms. The van der Waals surface area contributed by atoms with Gasteiger partial charge in [-0.2, -0.15) is 13.9 Å². The number of hydrogen-bond donors (Lipinski definition) is 3. The number of nitrogens with zero attached hydrogens (tertiary/aromatic N) is 1. The minimum Gasteiger partial charge on any atom is -0.321 e. The number of thioether (sulfide) groups is 1. The van der Waals surface area contributed by atoms with Gasteiger partial charge in [-0.05, 0) is 18.2 Å². The van der Waals surface area contributed by atoms with E-state index in [4.69, 9.17) is 0 Å². The van der Waals surface area contributed by atoms with E-state index in [1.807, 2.05) is 0 Å². The van der Waals surface area contributed by atoms with Gasteiger partial charge in [0.2, 0.25) is 0 Å². The number of H-pyrrole nitrogens is 1. The Morgan fingerprint density at radius 1 is 1.39 bits per heavy atom. The molecule has 1 aromatic heterocycles. The van der Waals surface area contributed by atoms with Gasteiger partial charge < -0.3 is 10.6 Å². The highest BCUT2D eigenvalue weighted by molar-refractivity contribution is 7.99. The molecule has 0 saturated heterocycles. The van der Waals surface area contributed by atoms with Gasteiger partial charge in [0, 0.05) is 41.4 Å². The highest BCUT2D eigenvalue weighted by Crippen LogP contribution is 2.27. The van der Waals surface area contributed by atoms with E-state index in [1.165, 1.54) is 6.07 Å². The number of nitrogens with one attached hydrogen (secondary N) is 3. The highest BCUT2D eigenvalue weighted by Gasteiger charge is 2.21. The predicted molar refractivity (Wildman–Crippen MR) is 87.5 cm³/mol. The maximum atomic E-state index is 12.4. The molecule has 1 aromatic carbocycles. The van der Waals surface area contributed by atoms with Crippen molar-refractivity contribution in [3.63, 3.8) is 0 Å². The summed E-state index contributed by atoms with van der Waals surface area (Å²) in [6, 6.07) is 6.38. The van der Waals surface area contributed by atoms with Gasteiger partial charge in [-0.15, -0.1) is 12.4 Å². The van der Waals surface area contributed by atoms with E-state index in [9.17, 15) is 13.6 Å². The van der Waals surface area contributed by atoms with E-state index in [1.54, 1.807) is 18.2 Å². The monoisotopic (exact) mass is 360 g/mol. The lowest BCUT2D eigenvalue weighted by molar-refractivity contribution is 0.102. The van der Waals surface area contributed by atoms with Gasteiger partial charge in [-0.3, -0.25) is 9.89 Å². The number of hydrogen-bond acceptors (Lipinski definition) is 4. The molecular weight excluding hydrogens is 346 g/mol. The Bertz CT molecular complexity index is 695. The van der Waals surface area contributed by atoms with Crippen molar-refractivity contribution >= 4 is 35.8 Å². The van der Waals surface area contributed by atoms with Crippen LogP contribution in [0, 0.1) is 0 Å². The second kappa shape index (κ2) is 7.76. The van der Waals surface area contributed by atoms with Gasteiger partial charge in [0.1, 0.15) is 0 Å². The summed E-state index contributed by atoms with van der Waals surface area (Å²) in [4.78, 5) is 12.7. The molecule has 0 aliphatic carbocycles. The molecule has 1 aliphatic rings. The Hall–Kier alpha value is -1.64. The van der Waals surface area contributed by atoms with E-state index in [0.717, 1.165) is 24.2 Å². The molecule has 124 valence electrons. The molecule has 5 nitrogen and oxygen atoms in total. The third kappa shape index (κ3) is 4.21. The summed E-state index contributed by atoms with van der Waals surface area (Å²) in [5, 5.41) is 12.8. The van der Waals surface area contributed by atoms with Gasteiger partial charge >= 0.3 is 0 Å². The number of rotatable bonds is 4. The Morgan fingerprint density at radius 2 is 2.22 bits per heavy atom. The zero-order valence-electron chi connectivity index (χ0n) is 11.9. The maximum absolute atomic E-state index is 12.4. The first-order valence-corrected chi connectivity index (χ1v) is 7.64. The molecule has 0 radical (unpaired) electrons. The van der Waals surface area contributed by atoms with Crippen LogP contribution in [0.15, 0.2) is 29.2 Å². The largest absolute Gasteiger partial charge is 0.321 e. The molecular formula is C14H15ClF2N4OS. The third-order valence-corrected chi connectivity index (χ3v) is 4.04. The van der Waals surface area contributed by atoms with Gasteiger partial charge in [0.05, 0.1) is 0 Å². The number of aromatic amines is 1. The zero-order chi connectivity index (χ0) is 15.5. The number of fused-ring (bicyclic) bond motifs is 1. The standard InChI is InChI=1S/C14H14F2N4OS.ClH/c15-14(16)22-9-3-1-2-8(6-9)18-13(21)12-10-7-17-5-4-11(10)19-20-12;/h1-3,6,14,17H,4-5,7H2,(H,18,21)(H,19,20);1H. The number of carbonyl (C=O) groups is 1. The topological polar surface area (TPSA) is 69.8 Å². The van der Waals surface area contributed by atoms with Crippen LogP contribution in [-0.4, -0.2) is 28.4 Å². The SMILES string of the molecule is Cl.O=C(Nc1cccc(SC(F)F)c1)c1n[nH]c2c1CNCC2. The number of carbonyl (C=O) groups excluding carboxylic acids is 1. The normalized spacial score (nSPS) is 13.3. The number of amides is 1. The molecule has 0 spiro atoms. The molecule has 0 unspecified atom stereocenters. The second-order valence-corrected chi connectivity index (χ2v) is 5.88. The van der Waals surface area contributed by atoms with E-state index >= 15 is 0 Å². The van der Waals surface area contributed by atoms with E-state index in [0.29, 0.717) is 34.6 Å². The smallest absolute Gasteiger partial charge is 0.288 e. The Labute approximate surface area is 142 Å². The van der Waals surface area contributed by atoms with Gasteiger partial charge in [0.25, 0.3) is 11.7 Å². The van der Waals surface area contributed by atoms with Gasteiger partial charge in [0.15, 0.2) is 5.69 Å². The Balaban J connectivity index is 0.00000192. The minimum atomic E-state index is -2.49. The summed E-state index contributed by atoms with van der Waals surface area (Å²) >= 11 is 0.444. The first kappa shape index (κ1) is 17.7. The van der Waals surface area contributed by atoms with Crippen LogP contribution in [0.3, 0.4) is 0 Å². The fourth-order valence-electron chi connectivity index (χ4n) is 2.35. The summed E-state index contributed by atoms with van der Waals surface area (Å²) in [6.45, 7) is 1.44. The molecule has 3 N–H and O–H groups in total. The third-order valence-electron chi connectivity index (χ3n) is 3.34. The van der Waals surface area contributed by atoms with Crippen molar-refractivity contribution in [3.05, 3.63) is 41.2 Å². The van der Waals surface area contributed by atoms with Crippen molar-refractivity contribution in [1.82, 2.24) is 15.5 Å². The van der Waals surface area contributed by atoms with Crippen LogP contribution in [0.25, 0.3) is 0 Å². The zero-order valence-corrected chi connectivity index (χ0v) is 13.6. The number of benzene rings is 1. The molecule has 2 aromatic rings. The predicted octanol–water partition coefficient (Wildman–Crippen LogP) is 3.04.